The lowest BCUT2D eigenvalue weighted by atomic mass is 10.1. The molecule has 1 saturated heterocycles. The van der Waals surface area contributed by atoms with Crippen LogP contribution in [-0.4, -0.2) is 32.1 Å². The van der Waals surface area contributed by atoms with Crippen LogP contribution >= 0.6 is 0 Å². The Kier molecular flexibility index (Phi) is 4.18. The maximum Gasteiger partial charge on any atom is 0.308 e. The molecule has 0 bridgehead atoms. The molecule has 0 aliphatic carbocycles. The first kappa shape index (κ1) is 10.5. The molecule has 0 radical (unpaired) electrons. The molecule has 1 rings (SSSR count). The van der Waals surface area contributed by atoms with E-state index in [1.807, 2.05) is 6.92 Å². The Labute approximate surface area is 78.2 Å². The van der Waals surface area contributed by atoms with Crippen LogP contribution in [0, 0.1) is 5.92 Å². The van der Waals surface area contributed by atoms with Crippen LogP contribution in [0.25, 0.3) is 0 Å². The quantitative estimate of drug-likeness (QED) is 0.616. The Morgan fingerprint density at radius 1 is 1.54 bits per heavy atom. The number of hydrogen-bond acceptors (Lipinski definition) is 4. The van der Waals surface area contributed by atoms with Gasteiger partial charge < -0.3 is 14.2 Å². The summed E-state index contributed by atoms with van der Waals surface area (Å²) in [5, 5.41) is 0. The molecule has 0 spiro atoms. The van der Waals surface area contributed by atoms with Crippen molar-refractivity contribution in [2.75, 3.05) is 19.8 Å². The van der Waals surface area contributed by atoms with E-state index in [0.29, 0.717) is 26.2 Å². The highest BCUT2D eigenvalue weighted by atomic mass is 16.7. The van der Waals surface area contributed by atoms with Gasteiger partial charge in [0.1, 0.15) is 0 Å². The van der Waals surface area contributed by atoms with Crippen molar-refractivity contribution in [2.45, 2.75) is 26.6 Å². The van der Waals surface area contributed by atoms with Gasteiger partial charge in [-0.2, -0.15) is 0 Å². The molecule has 0 saturated carbocycles. The third-order valence-electron chi connectivity index (χ3n) is 1.93. The number of esters is 1. The second kappa shape index (κ2) is 5.19. The van der Waals surface area contributed by atoms with Crippen LogP contribution in [-0.2, 0) is 19.0 Å². The first-order chi connectivity index (χ1) is 6.24. The lowest BCUT2D eigenvalue weighted by Gasteiger charge is -2.13. The molecular weight excluding hydrogens is 172 g/mol. The third kappa shape index (κ3) is 3.32. The molecule has 1 unspecified atom stereocenters. The van der Waals surface area contributed by atoms with Gasteiger partial charge in [0.05, 0.1) is 25.7 Å². The summed E-state index contributed by atoms with van der Waals surface area (Å²) in [7, 11) is 0. The van der Waals surface area contributed by atoms with Gasteiger partial charge in [-0.1, -0.05) is 6.92 Å². The molecule has 0 aromatic heterocycles. The standard InChI is InChI=1S/C9H16O4/c1-3-11-9(10)7(2)6-8-12-4-5-13-8/h7-8H,3-6H2,1-2H3. The van der Waals surface area contributed by atoms with E-state index in [1.165, 1.54) is 0 Å². The van der Waals surface area contributed by atoms with Crippen LogP contribution in [0.1, 0.15) is 20.3 Å². The molecule has 1 heterocycles. The summed E-state index contributed by atoms with van der Waals surface area (Å²) in [5.74, 6) is -0.329. The Balaban J connectivity index is 2.22. The van der Waals surface area contributed by atoms with E-state index in [-0.39, 0.29) is 18.2 Å². The van der Waals surface area contributed by atoms with Crippen molar-refractivity contribution in [3.63, 3.8) is 0 Å². The zero-order valence-electron chi connectivity index (χ0n) is 8.12. The van der Waals surface area contributed by atoms with Gasteiger partial charge in [-0.3, -0.25) is 4.79 Å². The highest BCUT2D eigenvalue weighted by Crippen LogP contribution is 2.15. The van der Waals surface area contributed by atoms with Gasteiger partial charge in [-0.15, -0.1) is 0 Å². The summed E-state index contributed by atoms with van der Waals surface area (Å²) in [6.07, 6.45) is 0.359. The van der Waals surface area contributed by atoms with Gasteiger partial charge >= 0.3 is 5.97 Å². The molecule has 4 heteroatoms. The van der Waals surface area contributed by atoms with Gasteiger partial charge in [0.2, 0.25) is 0 Å². The Bertz CT molecular complexity index is 163. The van der Waals surface area contributed by atoms with Crippen LogP contribution in [0.2, 0.25) is 0 Å². The smallest absolute Gasteiger partial charge is 0.308 e. The highest BCUT2D eigenvalue weighted by Gasteiger charge is 2.23. The van der Waals surface area contributed by atoms with E-state index in [0.717, 1.165) is 0 Å². The Morgan fingerprint density at radius 2 is 2.15 bits per heavy atom. The van der Waals surface area contributed by atoms with Crippen LogP contribution in [0.15, 0.2) is 0 Å². The second-order valence-corrected chi connectivity index (χ2v) is 3.06. The number of carbonyl (C=O) groups is 1. The zero-order chi connectivity index (χ0) is 9.68. The fourth-order valence-corrected chi connectivity index (χ4v) is 1.21. The summed E-state index contributed by atoms with van der Waals surface area (Å²) in [5.41, 5.74) is 0. The zero-order valence-corrected chi connectivity index (χ0v) is 8.12. The fourth-order valence-electron chi connectivity index (χ4n) is 1.21. The number of carbonyl (C=O) groups excluding carboxylic acids is 1. The predicted molar refractivity (Wildman–Crippen MR) is 46.1 cm³/mol. The largest absolute Gasteiger partial charge is 0.466 e. The van der Waals surface area contributed by atoms with Crippen LogP contribution < -0.4 is 0 Å². The molecular formula is C9H16O4. The Morgan fingerprint density at radius 3 is 2.69 bits per heavy atom. The van der Waals surface area contributed by atoms with E-state index < -0.39 is 0 Å². The molecule has 1 aliphatic heterocycles. The van der Waals surface area contributed by atoms with Gasteiger partial charge in [0.15, 0.2) is 6.29 Å². The van der Waals surface area contributed by atoms with Crippen molar-refractivity contribution in [2.24, 2.45) is 5.92 Å². The summed E-state index contributed by atoms with van der Waals surface area (Å²) < 4.78 is 15.3. The average molecular weight is 188 g/mol. The molecule has 1 fully saturated rings. The van der Waals surface area contributed by atoms with Crippen molar-refractivity contribution in [3.8, 4) is 0 Å². The van der Waals surface area contributed by atoms with E-state index in [4.69, 9.17) is 14.2 Å². The number of ether oxygens (including phenoxy) is 3. The molecule has 13 heavy (non-hydrogen) atoms. The van der Waals surface area contributed by atoms with E-state index in [9.17, 15) is 4.79 Å². The van der Waals surface area contributed by atoms with Gasteiger partial charge in [-0.25, -0.2) is 0 Å². The van der Waals surface area contributed by atoms with Crippen LogP contribution in [0.5, 0.6) is 0 Å². The first-order valence-corrected chi connectivity index (χ1v) is 4.64. The molecule has 4 nitrogen and oxygen atoms in total. The molecule has 0 N–H and O–H groups in total. The lowest BCUT2D eigenvalue weighted by Crippen LogP contribution is -2.21. The maximum atomic E-state index is 11.2. The van der Waals surface area contributed by atoms with Gasteiger partial charge in [0.25, 0.3) is 0 Å². The minimum Gasteiger partial charge on any atom is -0.466 e. The summed E-state index contributed by atoms with van der Waals surface area (Å²) in [4.78, 5) is 11.2. The summed E-state index contributed by atoms with van der Waals surface area (Å²) >= 11 is 0. The third-order valence-corrected chi connectivity index (χ3v) is 1.93. The molecule has 0 aromatic carbocycles. The first-order valence-electron chi connectivity index (χ1n) is 4.64. The second-order valence-electron chi connectivity index (χ2n) is 3.06. The summed E-state index contributed by atoms with van der Waals surface area (Å²) in [6, 6.07) is 0. The topological polar surface area (TPSA) is 44.8 Å². The average Bonchev–Trinajstić information content (AvgIpc) is 2.57. The van der Waals surface area contributed by atoms with Crippen molar-refractivity contribution in [1.82, 2.24) is 0 Å². The maximum absolute atomic E-state index is 11.2. The van der Waals surface area contributed by atoms with Crippen molar-refractivity contribution in [1.29, 1.82) is 0 Å². The molecule has 76 valence electrons. The molecule has 1 aliphatic rings. The SMILES string of the molecule is CCOC(=O)C(C)CC1OCCO1. The molecule has 0 aromatic rings. The monoisotopic (exact) mass is 188 g/mol. The Hall–Kier alpha value is -0.610. The predicted octanol–water partition coefficient (Wildman–Crippen LogP) is 0.949. The van der Waals surface area contributed by atoms with E-state index in [2.05, 4.69) is 0 Å². The van der Waals surface area contributed by atoms with Crippen molar-refractivity contribution < 1.29 is 19.0 Å². The van der Waals surface area contributed by atoms with Crippen molar-refractivity contribution in [3.05, 3.63) is 0 Å². The van der Waals surface area contributed by atoms with Gasteiger partial charge in [0, 0.05) is 6.42 Å². The highest BCUT2D eigenvalue weighted by molar-refractivity contribution is 5.71. The molecule has 1 atom stereocenters. The minimum atomic E-state index is -0.223. The summed E-state index contributed by atoms with van der Waals surface area (Å²) in [6.45, 7) is 5.30. The normalized spacial score (nSPS) is 20.2. The lowest BCUT2D eigenvalue weighted by molar-refractivity contribution is -0.151. The van der Waals surface area contributed by atoms with Crippen LogP contribution in [0.4, 0.5) is 0 Å². The minimum absolute atomic E-state index is 0.150. The van der Waals surface area contributed by atoms with Crippen molar-refractivity contribution >= 4 is 5.97 Å². The van der Waals surface area contributed by atoms with E-state index in [1.54, 1.807) is 6.92 Å². The number of rotatable bonds is 4. The van der Waals surface area contributed by atoms with E-state index >= 15 is 0 Å². The fraction of sp³-hybridized carbons (Fsp3) is 0.889. The van der Waals surface area contributed by atoms with Gasteiger partial charge in [-0.05, 0) is 6.92 Å². The van der Waals surface area contributed by atoms with Crippen LogP contribution in [0.3, 0.4) is 0 Å². The molecule has 0 amide bonds. The number of hydrogen-bond donors (Lipinski definition) is 0.